The average molecular weight is 516 g/mol. The molecule has 0 radical (unpaired) electrons. The minimum Gasteiger partial charge on any atom is -0.496 e. The Balaban J connectivity index is 1.38. The largest absolute Gasteiger partial charge is 0.496 e. The molecule has 0 saturated heterocycles. The summed E-state index contributed by atoms with van der Waals surface area (Å²) >= 11 is 0. The first kappa shape index (κ1) is 24.9. The molecule has 38 heavy (non-hydrogen) atoms. The van der Waals surface area contributed by atoms with Crippen LogP contribution in [0.25, 0.3) is 11.5 Å². The Hall–Kier alpha value is -4.78. The van der Waals surface area contributed by atoms with Crippen LogP contribution in [0.3, 0.4) is 0 Å². The molecular formula is C25H25N9O4. The van der Waals surface area contributed by atoms with Crippen molar-refractivity contribution in [1.82, 2.24) is 40.1 Å². The standard InChI is InChI=1S/C25H25N9O4/c1-15(14-35)34-23(30-31-32-34)19-4-3-5-22(28-19)29-24(36)18-10-17-13-33(9-6-16(17)11-21(18)38-2)25(37)20-12-26-7-8-27-20/h3-5,7-8,10-12,15,35H,6,9,13-14H2,1-2H3,(H,28,29,36)/t15-/m1/s1. The van der Waals surface area contributed by atoms with Crippen LogP contribution in [0.5, 0.6) is 5.75 Å². The van der Waals surface area contributed by atoms with E-state index in [2.05, 4.69) is 35.8 Å². The molecule has 4 aromatic rings. The van der Waals surface area contributed by atoms with E-state index in [-0.39, 0.29) is 30.1 Å². The van der Waals surface area contributed by atoms with E-state index in [0.717, 1.165) is 11.1 Å². The third-order valence-electron chi connectivity index (χ3n) is 6.24. The molecule has 1 atom stereocenters. The number of hydrogen-bond acceptors (Lipinski definition) is 10. The van der Waals surface area contributed by atoms with Crippen LogP contribution in [0.4, 0.5) is 5.82 Å². The number of fused-ring (bicyclic) bond motifs is 1. The molecule has 1 aromatic carbocycles. The fourth-order valence-corrected chi connectivity index (χ4v) is 4.23. The zero-order valence-corrected chi connectivity index (χ0v) is 20.8. The number of rotatable bonds is 7. The SMILES string of the molecule is COc1cc2c(cc1C(=O)Nc1cccc(-c3nnnn3[C@H](C)CO)n1)CN(C(=O)c1cnccn1)CC2. The summed E-state index contributed by atoms with van der Waals surface area (Å²) in [5, 5.41) is 23.9. The van der Waals surface area contributed by atoms with Crippen molar-refractivity contribution in [2.75, 3.05) is 25.6 Å². The van der Waals surface area contributed by atoms with E-state index in [1.807, 2.05) is 6.07 Å². The van der Waals surface area contributed by atoms with Crippen molar-refractivity contribution in [2.24, 2.45) is 0 Å². The third-order valence-corrected chi connectivity index (χ3v) is 6.24. The van der Waals surface area contributed by atoms with Gasteiger partial charge in [0.05, 0.1) is 31.5 Å². The van der Waals surface area contributed by atoms with Crippen LogP contribution < -0.4 is 10.1 Å². The van der Waals surface area contributed by atoms with Crippen molar-refractivity contribution >= 4 is 17.6 Å². The number of tetrazole rings is 1. The highest BCUT2D eigenvalue weighted by atomic mass is 16.5. The topological polar surface area (TPSA) is 161 Å². The maximum Gasteiger partial charge on any atom is 0.274 e. The first-order chi connectivity index (χ1) is 18.5. The van der Waals surface area contributed by atoms with Gasteiger partial charge in [-0.05, 0) is 59.2 Å². The molecule has 13 nitrogen and oxygen atoms in total. The lowest BCUT2D eigenvalue weighted by atomic mass is 9.96. The predicted molar refractivity (Wildman–Crippen MR) is 134 cm³/mol. The molecule has 1 aliphatic heterocycles. The van der Waals surface area contributed by atoms with Crippen LogP contribution in [-0.2, 0) is 13.0 Å². The van der Waals surface area contributed by atoms with E-state index < -0.39 is 5.91 Å². The number of ether oxygens (including phenoxy) is 1. The molecular weight excluding hydrogens is 490 g/mol. The number of aromatic nitrogens is 7. The molecule has 1 aliphatic rings. The van der Waals surface area contributed by atoms with Gasteiger partial charge in [-0.25, -0.2) is 14.6 Å². The van der Waals surface area contributed by atoms with Gasteiger partial charge in [0.15, 0.2) is 0 Å². The van der Waals surface area contributed by atoms with Crippen molar-refractivity contribution in [1.29, 1.82) is 0 Å². The summed E-state index contributed by atoms with van der Waals surface area (Å²) < 4.78 is 6.98. The highest BCUT2D eigenvalue weighted by Crippen LogP contribution is 2.29. The molecule has 0 unspecified atom stereocenters. The van der Waals surface area contributed by atoms with Crippen LogP contribution in [0.15, 0.2) is 48.9 Å². The van der Waals surface area contributed by atoms with Gasteiger partial charge in [-0.1, -0.05) is 6.07 Å². The second kappa shape index (κ2) is 10.7. The van der Waals surface area contributed by atoms with Gasteiger partial charge in [0.1, 0.15) is 23.0 Å². The number of nitrogens with zero attached hydrogens (tertiary/aromatic N) is 8. The fourth-order valence-electron chi connectivity index (χ4n) is 4.23. The van der Waals surface area contributed by atoms with Crippen LogP contribution in [-0.4, -0.2) is 77.2 Å². The number of nitrogens with one attached hydrogen (secondary N) is 1. The maximum absolute atomic E-state index is 13.3. The van der Waals surface area contributed by atoms with E-state index in [0.29, 0.717) is 42.3 Å². The highest BCUT2D eigenvalue weighted by Gasteiger charge is 2.26. The summed E-state index contributed by atoms with van der Waals surface area (Å²) in [6.07, 6.45) is 5.05. The first-order valence-corrected chi connectivity index (χ1v) is 11.9. The summed E-state index contributed by atoms with van der Waals surface area (Å²) in [5.41, 5.74) is 2.87. The Kier molecular flexibility index (Phi) is 7.00. The molecule has 2 N–H and O–H groups in total. The molecule has 0 spiro atoms. The van der Waals surface area contributed by atoms with Gasteiger partial charge in [0, 0.05) is 25.5 Å². The van der Waals surface area contributed by atoms with Gasteiger partial charge in [-0.15, -0.1) is 5.10 Å². The zero-order chi connectivity index (χ0) is 26.6. The minimum absolute atomic E-state index is 0.144. The van der Waals surface area contributed by atoms with Gasteiger partial charge < -0.3 is 20.1 Å². The Labute approximate surface area is 217 Å². The van der Waals surface area contributed by atoms with Crippen molar-refractivity contribution < 1.29 is 19.4 Å². The molecule has 13 heteroatoms. The number of pyridine rings is 1. The molecule has 0 aliphatic carbocycles. The number of methoxy groups -OCH3 is 1. The lowest BCUT2D eigenvalue weighted by molar-refractivity contribution is 0.0728. The summed E-state index contributed by atoms with van der Waals surface area (Å²) in [7, 11) is 1.51. The monoisotopic (exact) mass is 515 g/mol. The highest BCUT2D eigenvalue weighted by molar-refractivity contribution is 6.06. The van der Waals surface area contributed by atoms with Gasteiger partial charge in [0.25, 0.3) is 11.8 Å². The Morgan fingerprint density at radius 3 is 2.84 bits per heavy atom. The van der Waals surface area contributed by atoms with Crippen LogP contribution in [0.2, 0.25) is 0 Å². The molecule has 3 aromatic heterocycles. The maximum atomic E-state index is 13.3. The van der Waals surface area contributed by atoms with Gasteiger partial charge >= 0.3 is 0 Å². The minimum atomic E-state index is -0.421. The Morgan fingerprint density at radius 1 is 1.21 bits per heavy atom. The summed E-state index contributed by atoms with van der Waals surface area (Å²) in [6.45, 7) is 2.47. The van der Waals surface area contributed by atoms with Crippen molar-refractivity contribution in [2.45, 2.75) is 25.9 Å². The van der Waals surface area contributed by atoms with E-state index in [4.69, 9.17) is 4.74 Å². The zero-order valence-electron chi connectivity index (χ0n) is 20.8. The number of amides is 2. The number of anilines is 1. The van der Waals surface area contributed by atoms with Crippen LogP contribution >= 0.6 is 0 Å². The van der Waals surface area contributed by atoms with Crippen LogP contribution in [0, 0.1) is 0 Å². The number of aliphatic hydroxyl groups is 1. The Bertz CT molecular complexity index is 1470. The second-order valence-corrected chi connectivity index (χ2v) is 8.73. The van der Waals surface area contributed by atoms with Crippen molar-refractivity contribution in [3.8, 4) is 17.3 Å². The molecule has 2 amide bonds. The Morgan fingerprint density at radius 2 is 2.08 bits per heavy atom. The molecule has 5 rings (SSSR count). The number of aliphatic hydroxyl groups excluding tert-OH is 1. The summed E-state index contributed by atoms with van der Waals surface area (Å²) in [4.78, 5) is 40.5. The van der Waals surface area contributed by atoms with E-state index in [9.17, 15) is 14.7 Å². The smallest absolute Gasteiger partial charge is 0.274 e. The summed E-state index contributed by atoms with van der Waals surface area (Å²) in [6, 6.07) is 8.32. The van der Waals surface area contributed by atoms with Gasteiger partial charge in [0.2, 0.25) is 5.82 Å². The lowest BCUT2D eigenvalue weighted by Gasteiger charge is -2.29. The van der Waals surface area contributed by atoms with Crippen molar-refractivity contribution in [3.63, 3.8) is 0 Å². The van der Waals surface area contributed by atoms with Crippen molar-refractivity contribution in [3.05, 3.63) is 71.3 Å². The fraction of sp³-hybridized carbons (Fsp3) is 0.280. The van der Waals surface area contributed by atoms with Crippen LogP contribution in [0.1, 0.15) is 44.9 Å². The van der Waals surface area contributed by atoms with E-state index in [1.54, 1.807) is 36.1 Å². The molecule has 0 fully saturated rings. The first-order valence-electron chi connectivity index (χ1n) is 11.9. The van der Waals surface area contributed by atoms with E-state index in [1.165, 1.54) is 30.4 Å². The van der Waals surface area contributed by atoms with E-state index >= 15 is 0 Å². The predicted octanol–water partition coefficient (Wildman–Crippen LogP) is 1.54. The normalized spacial score (nSPS) is 13.5. The molecule has 0 saturated carbocycles. The number of carbonyl (C=O) groups excluding carboxylic acids is 2. The van der Waals surface area contributed by atoms with Gasteiger partial charge in [-0.2, -0.15) is 0 Å². The average Bonchev–Trinajstić information content (AvgIpc) is 3.46. The number of hydrogen-bond donors (Lipinski definition) is 2. The molecule has 194 valence electrons. The second-order valence-electron chi connectivity index (χ2n) is 8.73. The lowest BCUT2D eigenvalue weighted by Crippen LogP contribution is -2.36. The quantitative estimate of drug-likeness (QED) is 0.369. The summed E-state index contributed by atoms with van der Waals surface area (Å²) in [5.74, 6) is 0.436. The molecule has 0 bridgehead atoms. The number of benzene rings is 1. The number of carbonyl (C=O) groups is 2. The molecule has 4 heterocycles. The van der Waals surface area contributed by atoms with Gasteiger partial charge in [-0.3, -0.25) is 14.6 Å². The third kappa shape index (κ3) is 4.91.